The second-order valence-electron chi connectivity index (χ2n) is 4.82. The molecule has 0 bridgehead atoms. The molecule has 16 heavy (non-hydrogen) atoms. The molecule has 5 nitrogen and oxygen atoms in total. The van der Waals surface area contributed by atoms with Gasteiger partial charge in [-0.2, -0.15) is 10.2 Å². The van der Waals surface area contributed by atoms with Gasteiger partial charge in [-0.15, -0.1) is 0 Å². The van der Waals surface area contributed by atoms with Crippen molar-refractivity contribution in [2.45, 2.75) is 32.4 Å². The van der Waals surface area contributed by atoms with Crippen molar-refractivity contribution < 1.29 is 4.79 Å². The first-order chi connectivity index (χ1) is 7.51. The van der Waals surface area contributed by atoms with Gasteiger partial charge in [0, 0.05) is 17.5 Å². The van der Waals surface area contributed by atoms with Gasteiger partial charge in [0.1, 0.15) is 0 Å². The summed E-state index contributed by atoms with van der Waals surface area (Å²) in [5.74, 6) is -0.111. The Kier molecular flexibility index (Phi) is 2.63. The van der Waals surface area contributed by atoms with Gasteiger partial charge in [-0.25, -0.2) is 0 Å². The third kappa shape index (κ3) is 1.78. The van der Waals surface area contributed by atoms with E-state index >= 15 is 0 Å². The summed E-state index contributed by atoms with van der Waals surface area (Å²) in [4.78, 5) is 11.8. The van der Waals surface area contributed by atoms with Crippen LogP contribution in [0.5, 0.6) is 0 Å². The number of nitrogens with one attached hydrogen (secondary N) is 1. The molecule has 1 aromatic heterocycles. The van der Waals surface area contributed by atoms with Crippen LogP contribution < -0.4 is 11.1 Å². The summed E-state index contributed by atoms with van der Waals surface area (Å²) in [5, 5.41) is 10.3. The number of nitrogens with zero attached hydrogens (tertiary/aromatic N) is 2. The molecule has 2 atom stereocenters. The van der Waals surface area contributed by atoms with Gasteiger partial charge in [0.15, 0.2) is 0 Å². The fourth-order valence-electron chi connectivity index (χ4n) is 1.87. The van der Waals surface area contributed by atoms with E-state index in [1.54, 1.807) is 6.07 Å². The molecule has 3 N–H and O–H groups in total. The van der Waals surface area contributed by atoms with Crippen LogP contribution in [0.15, 0.2) is 18.5 Å². The van der Waals surface area contributed by atoms with Crippen LogP contribution in [-0.2, 0) is 0 Å². The molecule has 5 heteroatoms. The topological polar surface area (TPSA) is 80.9 Å². The standard InChI is InChI=1S/C11H16N4O/c1-11(2)8(12)5-9(11)15-10(16)7-3-4-13-14-6-7/h3-4,6,8-9H,5,12H2,1-2H3,(H,15,16). The zero-order valence-corrected chi connectivity index (χ0v) is 9.47. The van der Waals surface area contributed by atoms with Gasteiger partial charge in [0.05, 0.1) is 18.0 Å². The molecule has 1 aromatic rings. The molecule has 1 aliphatic rings. The van der Waals surface area contributed by atoms with Gasteiger partial charge in [0.25, 0.3) is 5.91 Å². The third-order valence-corrected chi connectivity index (χ3v) is 3.50. The first-order valence-corrected chi connectivity index (χ1v) is 5.35. The van der Waals surface area contributed by atoms with Crippen LogP contribution in [0.3, 0.4) is 0 Å². The van der Waals surface area contributed by atoms with E-state index in [9.17, 15) is 4.79 Å². The van der Waals surface area contributed by atoms with Crippen LogP contribution in [0.4, 0.5) is 0 Å². The number of nitrogens with two attached hydrogens (primary N) is 1. The van der Waals surface area contributed by atoms with Crippen LogP contribution in [0.2, 0.25) is 0 Å². The molecule has 1 fully saturated rings. The second kappa shape index (κ2) is 3.83. The van der Waals surface area contributed by atoms with Crippen molar-refractivity contribution in [2.75, 3.05) is 0 Å². The smallest absolute Gasteiger partial charge is 0.253 e. The number of aromatic nitrogens is 2. The minimum atomic E-state index is -0.111. The molecule has 86 valence electrons. The Morgan fingerprint density at radius 3 is 2.81 bits per heavy atom. The molecule has 0 aliphatic heterocycles. The Morgan fingerprint density at radius 2 is 2.31 bits per heavy atom. The number of rotatable bonds is 2. The summed E-state index contributed by atoms with van der Waals surface area (Å²) in [6.45, 7) is 4.13. The fourth-order valence-corrected chi connectivity index (χ4v) is 1.87. The number of hydrogen-bond donors (Lipinski definition) is 2. The third-order valence-electron chi connectivity index (χ3n) is 3.50. The van der Waals surface area contributed by atoms with Gasteiger partial charge < -0.3 is 11.1 Å². The van der Waals surface area contributed by atoms with Crippen molar-refractivity contribution in [1.29, 1.82) is 0 Å². The minimum absolute atomic E-state index is 0.0316. The lowest BCUT2D eigenvalue weighted by atomic mass is 9.63. The molecular formula is C11H16N4O. The maximum atomic E-state index is 11.8. The van der Waals surface area contributed by atoms with Gasteiger partial charge in [-0.05, 0) is 12.5 Å². The van der Waals surface area contributed by atoms with E-state index in [0.29, 0.717) is 5.56 Å². The molecule has 1 aliphatic carbocycles. The van der Waals surface area contributed by atoms with Crippen molar-refractivity contribution in [3.63, 3.8) is 0 Å². The van der Waals surface area contributed by atoms with Crippen molar-refractivity contribution >= 4 is 5.91 Å². The van der Waals surface area contributed by atoms with E-state index < -0.39 is 0 Å². The normalized spacial score (nSPS) is 26.9. The van der Waals surface area contributed by atoms with Crippen molar-refractivity contribution in [3.8, 4) is 0 Å². The highest BCUT2D eigenvalue weighted by Gasteiger charge is 2.46. The van der Waals surface area contributed by atoms with Crippen molar-refractivity contribution in [3.05, 3.63) is 24.0 Å². The highest BCUT2D eigenvalue weighted by Crippen LogP contribution is 2.39. The average molecular weight is 220 g/mol. The zero-order valence-electron chi connectivity index (χ0n) is 9.47. The Bertz CT molecular complexity index is 390. The van der Waals surface area contributed by atoms with E-state index in [2.05, 4.69) is 29.4 Å². The number of hydrogen-bond acceptors (Lipinski definition) is 4. The zero-order chi connectivity index (χ0) is 11.8. The van der Waals surface area contributed by atoms with E-state index in [0.717, 1.165) is 6.42 Å². The SMILES string of the molecule is CC1(C)C(N)CC1NC(=O)c1ccnnc1. The molecule has 2 rings (SSSR count). The minimum Gasteiger partial charge on any atom is -0.349 e. The van der Waals surface area contributed by atoms with Crippen LogP contribution in [0.25, 0.3) is 0 Å². The van der Waals surface area contributed by atoms with Gasteiger partial charge in [0.2, 0.25) is 0 Å². The molecule has 1 amide bonds. The Morgan fingerprint density at radius 1 is 1.56 bits per heavy atom. The summed E-state index contributed by atoms with van der Waals surface area (Å²) in [6.07, 6.45) is 3.80. The predicted molar refractivity (Wildman–Crippen MR) is 59.7 cm³/mol. The number of carbonyl (C=O) groups excluding carboxylic acids is 1. The van der Waals surface area contributed by atoms with Crippen LogP contribution >= 0.6 is 0 Å². The maximum absolute atomic E-state index is 11.8. The number of amides is 1. The molecule has 0 radical (unpaired) electrons. The van der Waals surface area contributed by atoms with E-state index in [1.807, 2.05) is 0 Å². The van der Waals surface area contributed by atoms with Gasteiger partial charge in [-0.1, -0.05) is 13.8 Å². The van der Waals surface area contributed by atoms with Crippen LogP contribution in [0.1, 0.15) is 30.6 Å². The summed E-state index contributed by atoms with van der Waals surface area (Å²) < 4.78 is 0. The molecule has 0 spiro atoms. The summed E-state index contributed by atoms with van der Waals surface area (Å²) >= 11 is 0. The Hall–Kier alpha value is -1.49. The first-order valence-electron chi connectivity index (χ1n) is 5.35. The van der Waals surface area contributed by atoms with Crippen LogP contribution in [0, 0.1) is 5.41 Å². The highest BCUT2D eigenvalue weighted by atomic mass is 16.1. The summed E-state index contributed by atoms with van der Waals surface area (Å²) in [6, 6.07) is 1.95. The quantitative estimate of drug-likeness (QED) is 0.752. The van der Waals surface area contributed by atoms with Crippen molar-refractivity contribution in [1.82, 2.24) is 15.5 Å². The molecule has 1 heterocycles. The molecule has 0 saturated heterocycles. The Balaban J connectivity index is 2.00. The fraction of sp³-hybridized carbons (Fsp3) is 0.545. The first kappa shape index (κ1) is 11.0. The predicted octanol–water partition coefficient (Wildman–Crippen LogP) is 0.332. The number of carbonyl (C=O) groups is 1. The second-order valence-corrected chi connectivity index (χ2v) is 4.82. The molecular weight excluding hydrogens is 204 g/mol. The maximum Gasteiger partial charge on any atom is 0.253 e. The molecule has 2 unspecified atom stereocenters. The molecule has 0 aromatic carbocycles. The van der Waals surface area contributed by atoms with E-state index in [-0.39, 0.29) is 23.4 Å². The van der Waals surface area contributed by atoms with Crippen molar-refractivity contribution in [2.24, 2.45) is 11.1 Å². The lowest BCUT2D eigenvalue weighted by Gasteiger charge is -2.50. The Labute approximate surface area is 94.4 Å². The largest absolute Gasteiger partial charge is 0.349 e. The van der Waals surface area contributed by atoms with Gasteiger partial charge in [-0.3, -0.25) is 4.79 Å². The monoisotopic (exact) mass is 220 g/mol. The average Bonchev–Trinajstić information content (AvgIpc) is 2.29. The summed E-state index contributed by atoms with van der Waals surface area (Å²) in [5.41, 5.74) is 6.39. The summed E-state index contributed by atoms with van der Waals surface area (Å²) in [7, 11) is 0. The molecule has 1 saturated carbocycles. The van der Waals surface area contributed by atoms with Crippen LogP contribution in [-0.4, -0.2) is 28.2 Å². The highest BCUT2D eigenvalue weighted by molar-refractivity contribution is 5.94. The lowest BCUT2D eigenvalue weighted by Crippen LogP contribution is -2.64. The van der Waals surface area contributed by atoms with E-state index in [1.165, 1.54) is 12.4 Å². The van der Waals surface area contributed by atoms with Gasteiger partial charge >= 0.3 is 0 Å². The lowest BCUT2D eigenvalue weighted by molar-refractivity contribution is 0.0586. The van der Waals surface area contributed by atoms with E-state index in [4.69, 9.17) is 5.73 Å².